The summed E-state index contributed by atoms with van der Waals surface area (Å²) in [6.45, 7) is 4.01. The zero-order valence-electron chi connectivity index (χ0n) is 9.77. The summed E-state index contributed by atoms with van der Waals surface area (Å²) in [5.74, 6) is 0. The molecule has 0 N–H and O–H groups in total. The molecule has 1 heterocycles. The topological polar surface area (TPSA) is 25.8 Å². The van der Waals surface area contributed by atoms with Crippen LogP contribution in [0, 0.1) is 13.8 Å². The van der Waals surface area contributed by atoms with Crippen molar-refractivity contribution in [2.24, 2.45) is 0 Å². The summed E-state index contributed by atoms with van der Waals surface area (Å²) in [5, 5.41) is 0. The van der Waals surface area contributed by atoms with E-state index in [4.69, 9.17) is 0 Å². The predicted molar refractivity (Wildman–Crippen MR) is 65.4 cm³/mol. The third-order valence-corrected chi connectivity index (χ3v) is 2.67. The van der Waals surface area contributed by atoms with Crippen LogP contribution in [-0.4, -0.2) is 9.97 Å². The third kappa shape index (κ3) is 2.66. The number of nitrogens with zero attached hydrogens (tertiary/aromatic N) is 2. The first-order valence-corrected chi connectivity index (χ1v) is 5.59. The van der Waals surface area contributed by atoms with Gasteiger partial charge in [0.15, 0.2) is 0 Å². The Bertz CT molecular complexity index is 463. The molecule has 0 atom stereocenters. The largest absolute Gasteiger partial charge is 0.258 e. The van der Waals surface area contributed by atoms with E-state index in [9.17, 15) is 0 Å². The maximum atomic E-state index is 4.53. The monoisotopic (exact) mass is 212 g/mol. The highest BCUT2D eigenvalue weighted by Crippen LogP contribution is 2.08. The first-order chi connectivity index (χ1) is 7.75. The molecule has 0 saturated heterocycles. The maximum Gasteiger partial charge on any atom is 0.0622 e. The Morgan fingerprint density at radius 1 is 1.00 bits per heavy atom. The lowest BCUT2D eigenvalue weighted by molar-refractivity contribution is 0.863. The molecule has 1 aromatic carbocycles. The SMILES string of the molecule is Cc1cnc(C)c(CCc2ccccc2)n1. The molecule has 2 aromatic rings. The van der Waals surface area contributed by atoms with Crippen LogP contribution in [0.15, 0.2) is 36.5 Å². The van der Waals surface area contributed by atoms with Crippen molar-refractivity contribution in [2.75, 3.05) is 0 Å². The number of hydrogen-bond acceptors (Lipinski definition) is 2. The molecule has 0 saturated carbocycles. The van der Waals surface area contributed by atoms with Crippen molar-refractivity contribution < 1.29 is 0 Å². The first-order valence-electron chi connectivity index (χ1n) is 5.59. The maximum absolute atomic E-state index is 4.53. The third-order valence-electron chi connectivity index (χ3n) is 2.67. The fourth-order valence-electron chi connectivity index (χ4n) is 1.73. The Labute approximate surface area is 96.4 Å². The van der Waals surface area contributed by atoms with Gasteiger partial charge < -0.3 is 0 Å². The van der Waals surface area contributed by atoms with Gasteiger partial charge in [0.2, 0.25) is 0 Å². The smallest absolute Gasteiger partial charge is 0.0622 e. The van der Waals surface area contributed by atoms with Gasteiger partial charge in [0.05, 0.1) is 17.1 Å². The molecule has 0 aliphatic heterocycles. The van der Waals surface area contributed by atoms with Gasteiger partial charge >= 0.3 is 0 Å². The van der Waals surface area contributed by atoms with Gasteiger partial charge in [-0.1, -0.05) is 30.3 Å². The molecule has 2 heteroatoms. The van der Waals surface area contributed by atoms with E-state index in [1.54, 1.807) is 0 Å². The van der Waals surface area contributed by atoms with Gasteiger partial charge in [0.1, 0.15) is 0 Å². The Morgan fingerprint density at radius 2 is 1.75 bits per heavy atom. The van der Waals surface area contributed by atoms with Crippen molar-refractivity contribution in [2.45, 2.75) is 26.7 Å². The Kier molecular flexibility index (Phi) is 3.30. The van der Waals surface area contributed by atoms with E-state index in [0.717, 1.165) is 29.9 Å². The second kappa shape index (κ2) is 4.88. The van der Waals surface area contributed by atoms with Gasteiger partial charge in [0.25, 0.3) is 0 Å². The van der Waals surface area contributed by atoms with Crippen molar-refractivity contribution >= 4 is 0 Å². The zero-order valence-corrected chi connectivity index (χ0v) is 9.77. The average molecular weight is 212 g/mol. The molecule has 0 radical (unpaired) electrons. The van der Waals surface area contributed by atoms with Crippen LogP contribution >= 0.6 is 0 Å². The molecule has 2 rings (SSSR count). The van der Waals surface area contributed by atoms with Crippen LogP contribution in [0.25, 0.3) is 0 Å². The number of rotatable bonds is 3. The lowest BCUT2D eigenvalue weighted by atomic mass is 10.1. The van der Waals surface area contributed by atoms with E-state index in [1.807, 2.05) is 26.1 Å². The molecule has 0 bridgehead atoms. The highest BCUT2D eigenvalue weighted by Gasteiger charge is 2.02. The van der Waals surface area contributed by atoms with E-state index in [1.165, 1.54) is 5.56 Å². The minimum atomic E-state index is 0.963. The lowest BCUT2D eigenvalue weighted by Gasteiger charge is -2.05. The van der Waals surface area contributed by atoms with E-state index < -0.39 is 0 Å². The standard InChI is InChI=1S/C14H16N2/c1-11-10-15-12(2)14(16-11)9-8-13-6-4-3-5-7-13/h3-7,10H,8-9H2,1-2H3. The summed E-state index contributed by atoms with van der Waals surface area (Å²) in [4.78, 5) is 8.85. The van der Waals surface area contributed by atoms with Gasteiger partial charge in [-0.25, -0.2) is 0 Å². The van der Waals surface area contributed by atoms with Crippen LogP contribution in [0.5, 0.6) is 0 Å². The van der Waals surface area contributed by atoms with Crippen LogP contribution in [0.1, 0.15) is 22.6 Å². The highest BCUT2D eigenvalue weighted by atomic mass is 14.8. The van der Waals surface area contributed by atoms with E-state index in [2.05, 4.69) is 34.2 Å². The van der Waals surface area contributed by atoms with Crippen molar-refractivity contribution in [1.29, 1.82) is 0 Å². The number of benzene rings is 1. The van der Waals surface area contributed by atoms with Crippen LogP contribution in [0.3, 0.4) is 0 Å². The van der Waals surface area contributed by atoms with Gasteiger partial charge in [-0.2, -0.15) is 0 Å². The molecule has 2 nitrogen and oxygen atoms in total. The van der Waals surface area contributed by atoms with Crippen molar-refractivity contribution in [3.8, 4) is 0 Å². The summed E-state index contributed by atoms with van der Waals surface area (Å²) in [5.41, 5.74) is 4.50. The van der Waals surface area contributed by atoms with E-state index >= 15 is 0 Å². The molecule has 1 aromatic heterocycles. The van der Waals surface area contributed by atoms with Gasteiger partial charge in [-0.05, 0) is 32.3 Å². The van der Waals surface area contributed by atoms with Gasteiger partial charge in [-0.3, -0.25) is 9.97 Å². The fourth-order valence-corrected chi connectivity index (χ4v) is 1.73. The number of aryl methyl sites for hydroxylation is 4. The molecule has 16 heavy (non-hydrogen) atoms. The highest BCUT2D eigenvalue weighted by molar-refractivity contribution is 5.18. The minimum absolute atomic E-state index is 0.963. The van der Waals surface area contributed by atoms with E-state index in [-0.39, 0.29) is 0 Å². The Morgan fingerprint density at radius 3 is 2.50 bits per heavy atom. The summed E-state index contributed by atoms with van der Waals surface area (Å²) in [7, 11) is 0. The van der Waals surface area contributed by atoms with E-state index in [0.29, 0.717) is 0 Å². The molecule has 0 unspecified atom stereocenters. The first kappa shape index (κ1) is 10.8. The molecule has 0 aliphatic carbocycles. The summed E-state index contributed by atoms with van der Waals surface area (Å²) in [6, 6.07) is 10.5. The molecule has 0 fully saturated rings. The molecule has 82 valence electrons. The zero-order chi connectivity index (χ0) is 11.4. The average Bonchev–Trinajstić information content (AvgIpc) is 2.32. The summed E-state index contributed by atoms with van der Waals surface area (Å²) >= 11 is 0. The number of hydrogen-bond donors (Lipinski definition) is 0. The van der Waals surface area contributed by atoms with Crippen LogP contribution in [0.2, 0.25) is 0 Å². The lowest BCUT2D eigenvalue weighted by Crippen LogP contribution is -2.01. The molecule has 0 amide bonds. The predicted octanol–water partition coefficient (Wildman–Crippen LogP) is 2.88. The number of aromatic nitrogens is 2. The summed E-state index contributed by atoms with van der Waals surface area (Å²) < 4.78 is 0. The minimum Gasteiger partial charge on any atom is -0.258 e. The van der Waals surface area contributed by atoms with Crippen molar-refractivity contribution in [3.05, 3.63) is 59.2 Å². The normalized spacial score (nSPS) is 10.4. The molecular formula is C14H16N2. The van der Waals surface area contributed by atoms with Crippen LogP contribution in [-0.2, 0) is 12.8 Å². The Hall–Kier alpha value is -1.70. The quantitative estimate of drug-likeness (QED) is 0.781. The van der Waals surface area contributed by atoms with Crippen molar-refractivity contribution in [1.82, 2.24) is 9.97 Å². The molecular weight excluding hydrogens is 196 g/mol. The summed E-state index contributed by atoms with van der Waals surface area (Å²) in [6.07, 6.45) is 3.81. The Balaban J connectivity index is 2.08. The van der Waals surface area contributed by atoms with Crippen LogP contribution in [0.4, 0.5) is 0 Å². The van der Waals surface area contributed by atoms with Gasteiger partial charge in [-0.15, -0.1) is 0 Å². The van der Waals surface area contributed by atoms with Crippen LogP contribution < -0.4 is 0 Å². The second-order valence-electron chi connectivity index (χ2n) is 4.03. The molecule has 0 spiro atoms. The van der Waals surface area contributed by atoms with Gasteiger partial charge in [0, 0.05) is 6.20 Å². The van der Waals surface area contributed by atoms with Crippen molar-refractivity contribution in [3.63, 3.8) is 0 Å². The molecule has 0 aliphatic rings. The fraction of sp³-hybridized carbons (Fsp3) is 0.286. The second-order valence-corrected chi connectivity index (χ2v) is 4.03.